The van der Waals surface area contributed by atoms with E-state index in [4.69, 9.17) is 8.94 Å². The first-order valence-electron chi connectivity index (χ1n) is 8.88. The predicted molar refractivity (Wildman–Crippen MR) is 97.1 cm³/mol. The van der Waals surface area contributed by atoms with Crippen LogP contribution in [0.25, 0.3) is 11.6 Å². The molecule has 1 amide bonds. The van der Waals surface area contributed by atoms with Gasteiger partial charge in [0.1, 0.15) is 6.04 Å². The number of amides is 1. The number of aromatic nitrogens is 2. The Morgan fingerprint density at radius 2 is 2.00 bits per heavy atom. The number of hydrogen-bond acceptors (Lipinski definition) is 5. The molecule has 2 aromatic heterocycles. The van der Waals surface area contributed by atoms with Crippen LogP contribution in [0.2, 0.25) is 0 Å². The number of benzene rings is 1. The van der Waals surface area contributed by atoms with Gasteiger partial charge in [0.15, 0.2) is 5.76 Å². The van der Waals surface area contributed by atoms with E-state index in [1.807, 2.05) is 30.3 Å². The van der Waals surface area contributed by atoms with Gasteiger partial charge in [-0.3, -0.25) is 4.79 Å². The Hall–Kier alpha value is -2.89. The number of nitrogens with zero attached hydrogens (tertiary/aromatic N) is 2. The lowest BCUT2D eigenvalue weighted by Gasteiger charge is -2.20. The highest BCUT2D eigenvalue weighted by atomic mass is 16.5. The number of furan rings is 1. The standard InChI is InChI=1S/C20H23N3O3/c1-3-14(2)18(20-22-19(23-26-20)16-10-7-13-25-16)21-17(24)12-11-15-8-5-4-6-9-15/h4-10,13-14,18H,3,11-12H2,1-2H3,(H,21,24)/t14-,18+/m1/s1. The molecule has 1 N–H and O–H groups in total. The van der Waals surface area contributed by atoms with Crippen molar-refractivity contribution in [1.82, 2.24) is 15.5 Å². The molecule has 6 heteroatoms. The lowest BCUT2D eigenvalue weighted by molar-refractivity contribution is -0.122. The van der Waals surface area contributed by atoms with E-state index >= 15 is 0 Å². The zero-order valence-electron chi connectivity index (χ0n) is 15.0. The third-order valence-corrected chi connectivity index (χ3v) is 4.46. The first kappa shape index (κ1) is 17.9. The molecular weight excluding hydrogens is 330 g/mol. The van der Waals surface area contributed by atoms with Gasteiger partial charge < -0.3 is 14.3 Å². The second-order valence-electron chi connectivity index (χ2n) is 6.35. The van der Waals surface area contributed by atoms with Gasteiger partial charge in [-0.1, -0.05) is 55.8 Å². The summed E-state index contributed by atoms with van der Waals surface area (Å²) >= 11 is 0. The molecule has 26 heavy (non-hydrogen) atoms. The zero-order valence-corrected chi connectivity index (χ0v) is 15.0. The number of carbonyl (C=O) groups excluding carboxylic acids is 1. The molecular formula is C20H23N3O3. The lowest BCUT2D eigenvalue weighted by atomic mass is 9.98. The first-order chi connectivity index (χ1) is 12.7. The zero-order chi connectivity index (χ0) is 18.4. The molecule has 0 unspecified atom stereocenters. The lowest BCUT2D eigenvalue weighted by Crippen LogP contribution is -2.32. The van der Waals surface area contributed by atoms with E-state index in [1.165, 1.54) is 0 Å². The molecule has 3 rings (SSSR count). The fourth-order valence-corrected chi connectivity index (χ4v) is 2.70. The molecule has 1 aromatic carbocycles. The summed E-state index contributed by atoms with van der Waals surface area (Å²) in [6.45, 7) is 4.12. The van der Waals surface area contributed by atoms with Crippen LogP contribution in [0.5, 0.6) is 0 Å². The predicted octanol–water partition coefficient (Wildman–Crippen LogP) is 4.17. The largest absolute Gasteiger partial charge is 0.461 e. The number of carbonyl (C=O) groups is 1. The molecule has 0 aliphatic rings. The maximum atomic E-state index is 12.4. The van der Waals surface area contributed by atoms with Crippen LogP contribution in [0.4, 0.5) is 0 Å². The molecule has 0 radical (unpaired) electrons. The Morgan fingerprint density at radius 3 is 2.69 bits per heavy atom. The fourth-order valence-electron chi connectivity index (χ4n) is 2.70. The number of rotatable bonds is 8. The number of nitrogens with one attached hydrogen (secondary N) is 1. The molecule has 6 nitrogen and oxygen atoms in total. The minimum Gasteiger partial charge on any atom is -0.461 e. The van der Waals surface area contributed by atoms with Gasteiger partial charge >= 0.3 is 0 Å². The van der Waals surface area contributed by atoms with Gasteiger partial charge in [0, 0.05) is 6.42 Å². The Morgan fingerprint density at radius 1 is 1.19 bits per heavy atom. The smallest absolute Gasteiger partial charge is 0.249 e. The minimum atomic E-state index is -0.320. The van der Waals surface area contributed by atoms with E-state index in [2.05, 4.69) is 29.3 Å². The molecule has 136 valence electrons. The molecule has 2 atom stereocenters. The van der Waals surface area contributed by atoms with Crippen LogP contribution in [0.3, 0.4) is 0 Å². The van der Waals surface area contributed by atoms with Crippen molar-refractivity contribution in [3.63, 3.8) is 0 Å². The van der Waals surface area contributed by atoms with Crippen molar-refractivity contribution in [3.8, 4) is 11.6 Å². The van der Waals surface area contributed by atoms with Crippen molar-refractivity contribution in [3.05, 3.63) is 60.2 Å². The maximum Gasteiger partial charge on any atom is 0.249 e. The molecule has 3 aromatic rings. The second-order valence-corrected chi connectivity index (χ2v) is 6.35. The van der Waals surface area contributed by atoms with Gasteiger partial charge in [0.2, 0.25) is 17.6 Å². The highest BCUT2D eigenvalue weighted by molar-refractivity contribution is 5.76. The van der Waals surface area contributed by atoms with Crippen LogP contribution in [-0.4, -0.2) is 16.0 Å². The molecule has 0 saturated heterocycles. The third-order valence-electron chi connectivity index (χ3n) is 4.46. The highest BCUT2D eigenvalue weighted by Gasteiger charge is 2.26. The van der Waals surface area contributed by atoms with Crippen LogP contribution in [-0.2, 0) is 11.2 Å². The van der Waals surface area contributed by atoms with Crippen LogP contribution in [0, 0.1) is 5.92 Å². The summed E-state index contributed by atoms with van der Waals surface area (Å²) in [4.78, 5) is 16.8. The highest BCUT2D eigenvalue weighted by Crippen LogP contribution is 2.26. The van der Waals surface area contributed by atoms with Crippen molar-refractivity contribution < 1.29 is 13.7 Å². The van der Waals surface area contributed by atoms with Crippen LogP contribution in [0.15, 0.2) is 57.7 Å². The number of hydrogen-bond donors (Lipinski definition) is 1. The van der Waals surface area contributed by atoms with Gasteiger partial charge in [-0.15, -0.1) is 0 Å². The molecule has 0 aliphatic heterocycles. The van der Waals surface area contributed by atoms with E-state index in [1.54, 1.807) is 18.4 Å². The molecule has 0 aliphatic carbocycles. The topological polar surface area (TPSA) is 81.2 Å². The molecule has 2 heterocycles. The van der Waals surface area contributed by atoms with E-state index in [0.29, 0.717) is 30.3 Å². The van der Waals surface area contributed by atoms with E-state index in [-0.39, 0.29) is 17.9 Å². The van der Waals surface area contributed by atoms with Gasteiger partial charge in [0.05, 0.1) is 6.26 Å². The molecule has 0 saturated carbocycles. The first-order valence-corrected chi connectivity index (χ1v) is 8.88. The summed E-state index contributed by atoms with van der Waals surface area (Å²) in [6, 6.07) is 13.2. The Balaban J connectivity index is 1.67. The van der Waals surface area contributed by atoms with Gasteiger partial charge in [-0.05, 0) is 30.0 Å². The summed E-state index contributed by atoms with van der Waals surface area (Å²) in [6.07, 6.45) is 3.54. The summed E-state index contributed by atoms with van der Waals surface area (Å²) < 4.78 is 10.7. The summed E-state index contributed by atoms with van der Waals surface area (Å²) in [5.41, 5.74) is 1.14. The normalized spacial score (nSPS) is 13.3. The van der Waals surface area contributed by atoms with E-state index in [0.717, 1.165) is 12.0 Å². The van der Waals surface area contributed by atoms with Crippen molar-refractivity contribution in [1.29, 1.82) is 0 Å². The summed E-state index contributed by atoms with van der Waals surface area (Å²) in [5.74, 6) is 1.46. The van der Waals surface area contributed by atoms with Gasteiger partial charge in [-0.25, -0.2) is 0 Å². The van der Waals surface area contributed by atoms with Crippen molar-refractivity contribution in [2.24, 2.45) is 5.92 Å². The van der Waals surface area contributed by atoms with Crippen LogP contribution < -0.4 is 5.32 Å². The monoisotopic (exact) mass is 353 g/mol. The fraction of sp³-hybridized carbons (Fsp3) is 0.350. The average Bonchev–Trinajstić information content (AvgIpc) is 3.36. The maximum absolute atomic E-state index is 12.4. The minimum absolute atomic E-state index is 0.0306. The summed E-state index contributed by atoms with van der Waals surface area (Å²) in [7, 11) is 0. The Bertz CT molecular complexity index is 812. The van der Waals surface area contributed by atoms with Gasteiger partial charge in [0.25, 0.3) is 0 Å². The van der Waals surface area contributed by atoms with Gasteiger partial charge in [-0.2, -0.15) is 4.98 Å². The van der Waals surface area contributed by atoms with Crippen LogP contribution >= 0.6 is 0 Å². The van der Waals surface area contributed by atoms with Crippen molar-refractivity contribution in [2.75, 3.05) is 0 Å². The Labute approximate surface area is 152 Å². The van der Waals surface area contributed by atoms with Crippen molar-refractivity contribution >= 4 is 5.91 Å². The third kappa shape index (κ3) is 4.39. The second kappa shape index (κ2) is 8.47. The molecule has 0 fully saturated rings. The van der Waals surface area contributed by atoms with E-state index < -0.39 is 0 Å². The van der Waals surface area contributed by atoms with Crippen LogP contribution in [0.1, 0.15) is 44.2 Å². The summed E-state index contributed by atoms with van der Waals surface area (Å²) in [5, 5.41) is 7.01. The Kier molecular flexibility index (Phi) is 5.84. The average molecular weight is 353 g/mol. The molecule has 0 spiro atoms. The SMILES string of the molecule is CC[C@@H](C)[C@H](NC(=O)CCc1ccccc1)c1nc(-c2ccco2)no1. The van der Waals surface area contributed by atoms with Crippen molar-refractivity contribution in [2.45, 2.75) is 39.2 Å². The molecule has 0 bridgehead atoms. The van der Waals surface area contributed by atoms with E-state index in [9.17, 15) is 4.79 Å². The quantitative estimate of drug-likeness (QED) is 0.657. The number of aryl methyl sites for hydroxylation is 1.